The number of benzene rings is 2. The van der Waals surface area contributed by atoms with Gasteiger partial charge in [0.1, 0.15) is 5.75 Å². The van der Waals surface area contributed by atoms with Crippen LogP contribution < -0.4 is 4.74 Å². The first-order valence-electron chi connectivity index (χ1n) is 5.97. The maximum absolute atomic E-state index is 10.6. The van der Waals surface area contributed by atoms with Crippen LogP contribution in [0.25, 0.3) is 0 Å². The molecule has 0 aliphatic rings. The van der Waals surface area contributed by atoms with Crippen molar-refractivity contribution in [3.05, 3.63) is 69.3 Å². The second kappa shape index (κ2) is 5.52. The number of hydrogen-bond donors (Lipinski definition) is 0. The van der Waals surface area contributed by atoms with Crippen LogP contribution in [0.5, 0.6) is 5.75 Å². The van der Waals surface area contributed by atoms with Crippen molar-refractivity contribution < 1.29 is 9.66 Å². The van der Waals surface area contributed by atoms with Crippen LogP contribution in [0, 0.1) is 17.0 Å². The van der Waals surface area contributed by atoms with Gasteiger partial charge in [0.05, 0.1) is 12.0 Å². The normalized spacial score (nSPS) is 10.2. The van der Waals surface area contributed by atoms with Gasteiger partial charge in [-0.25, -0.2) is 0 Å². The number of hydrogen-bond acceptors (Lipinski definition) is 3. The second-order valence-corrected chi connectivity index (χ2v) is 4.39. The van der Waals surface area contributed by atoms with Gasteiger partial charge in [0.15, 0.2) is 0 Å². The number of nitrogens with zero attached hydrogens (tertiary/aromatic N) is 1. The molecule has 4 nitrogen and oxygen atoms in total. The summed E-state index contributed by atoms with van der Waals surface area (Å²) >= 11 is 0. The van der Waals surface area contributed by atoms with E-state index in [9.17, 15) is 10.1 Å². The maximum Gasteiger partial charge on any atom is 0.269 e. The van der Waals surface area contributed by atoms with E-state index in [2.05, 4.69) is 0 Å². The van der Waals surface area contributed by atoms with E-state index < -0.39 is 0 Å². The molecule has 0 aliphatic carbocycles. The summed E-state index contributed by atoms with van der Waals surface area (Å²) in [6.45, 7) is 2.04. The predicted molar refractivity (Wildman–Crippen MR) is 73.6 cm³/mol. The Morgan fingerprint density at radius 2 is 1.84 bits per heavy atom. The Hall–Kier alpha value is -2.36. The van der Waals surface area contributed by atoms with Crippen LogP contribution in [0.4, 0.5) is 5.69 Å². The first kappa shape index (κ1) is 13.1. The molecular formula is C15H15NO3. The first-order chi connectivity index (χ1) is 9.10. The predicted octanol–water partition coefficient (Wildman–Crippen LogP) is 3.50. The molecule has 98 valence electrons. The molecule has 0 saturated carbocycles. The standard InChI is InChI=1S/C15H15NO3/c1-11-3-8-15(19-2)10-13(11)9-12-4-6-14(7-5-12)16(17)18/h3-8,10H,9H2,1-2H3. The lowest BCUT2D eigenvalue weighted by atomic mass is 10.00. The summed E-state index contributed by atoms with van der Waals surface area (Å²) in [5.41, 5.74) is 3.50. The third-order valence-corrected chi connectivity index (χ3v) is 3.10. The molecule has 4 heteroatoms. The van der Waals surface area contributed by atoms with Crippen LogP contribution in [0.1, 0.15) is 16.7 Å². The Balaban J connectivity index is 2.23. The minimum Gasteiger partial charge on any atom is -0.497 e. The lowest BCUT2D eigenvalue weighted by Crippen LogP contribution is -1.94. The van der Waals surface area contributed by atoms with Crippen molar-refractivity contribution in [3.63, 3.8) is 0 Å². The number of methoxy groups -OCH3 is 1. The molecule has 2 aromatic carbocycles. The van der Waals surface area contributed by atoms with Gasteiger partial charge < -0.3 is 4.74 Å². The molecule has 0 N–H and O–H groups in total. The van der Waals surface area contributed by atoms with E-state index in [1.54, 1.807) is 19.2 Å². The Morgan fingerprint density at radius 3 is 2.42 bits per heavy atom. The zero-order chi connectivity index (χ0) is 13.8. The van der Waals surface area contributed by atoms with E-state index in [0.29, 0.717) is 0 Å². The Kier molecular flexibility index (Phi) is 3.80. The molecule has 0 heterocycles. The number of ether oxygens (including phenoxy) is 1. The van der Waals surface area contributed by atoms with Crippen molar-refractivity contribution in [1.82, 2.24) is 0 Å². The van der Waals surface area contributed by atoms with Gasteiger partial charge in [-0.2, -0.15) is 0 Å². The van der Waals surface area contributed by atoms with Gasteiger partial charge >= 0.3 is 0 Å². The number of aryl methyl sites for hydroxylation is 1. The van der Waals surface area contributed by atoms with Crippen LogP contribution in [0.2, 0.25) is 0 Å². The van der Waals surface area contributed by atoms with Gasteiger partial charge in [-0.05, 0) is 42.2 Å². The Morgan fingerprint density at radius 1 is 1.16 bits per heavy atom. The lowest BCUT2D eigenvalue weighted by molar-refractivity contribution is -0.384. The minimum atomic E-state index is -0.388. The fraction of sp³-hybridized carbons (Fsp3) is 0.200. The maximum atomic E-state index is 10.6. The van der Waals surface area contributed by atoms with Gasteiger partial charge in [-0.15, -0.1) is 0 Å². The third-order valence-electron chi connectivity index (χ3n) is 3.10. The van der Waals surface area contributed by atoms with Gasteiger partial charge in [0.25, 0.3) is 5.69 Å². The zero-order valence-corrected chi connectivity index (χ0v) is 10.9. The van der Waals surface area contributed by atoms with Gasteiger partial charge in [0.2, 0.25) is 0 Å². The Bertz CT molecular complexity index is 591. The molecule has 0 saturated heterocycles. The molecule has 0 fully saturated rings. The lowest BCUT2D eigenvalue weighted by Gasteiger charge is -2.08. The molecule has 0 amide bonds. The molecular weight excluding hydrogens is 242 g/mol. The molecule has 0 aliphatic heterocycles. The highest BCUT2D eigenvalue weighted by atomic mass is 16.6. The highest BCUT2D eigenvalue weighted by Gasteiger charge is 2.06. The van der Waals surface area contributed by atoms with Crippen LogP contribution in [0.3, 0.4) is 0 Å². The van der Waals surface area contributed by atoms with E-state index in [1.807, 2.05) is 25.1 Å². The number of nitro benzene ring substituents is 1. The summed E-state index contributed by atoms with van der Waals surface area (Å²) in [6, 6.07) is 12.6. The molecule has 0 spiro atoms. The van der Waals surface area contributed by atoms with Crippen molar-refractivity contribution in [1.29, 1.82) is 0 Å². The summed E-state index contributed by atoms with van der Waals surface area (Å²) < 4.78 is 5.21. The van der Waals surface area contributed by atoms with E-state index in [1.165, 1.54) is 17.7 Å². The summed E-state index contributed by atoms with van der Waals surface area (Å²) in [6.07, 6.45) is 0.737. The van der Waals surface area contributed by atoms with E-state index in [-0.39, 0.29) is 10.6 Å². The quantitative estimate of drug-likeness (QED) is 0.622. The molecule has 2 rings (SSSR count). The molecule has 0 unspecified atom stereocenters. The van der Waals surface area contributed by atoms with Gasteiger partial charge in [-0.1, -0.05) is 18.2 Å². The summed E-state index contributed by atoms with van der Waals surface area (Å²) in [4.78, 5) is 10.2. The summed E-state index contributed by atoms with van der Waals surface area (Å²) in [5.74, 6) is 0.822. The van der Waals surface area contributed by atoms with Crippen molar-refractivity contribution in [3.8, 4) is 5.75 Å². The van der Waals surface area contributed by atoms with Crippen LogP contribution >= 0.6 is 0 Å². The molecule has 0 atom stereocenters. The van der Waals surface area contributed by atoms with E-state index in [0.717, 1.165) is 23.3 Å². The summed E-state index contributed by atoms with van der Waals surface area (Å²) in [7, 11) is 1.64. The van der Waals surface area contributed by atoms with Gasteiger partial charge in [-0.3, -0.25) is 10.1 Å². The van der Waals surface area contributed by atoms with Crippen molar-refractivity contribution in [2.24, 2.45) is 0 Å². The zero-order valence-electron chi connectivity index (χ0n) is 10.9. The van der Waals surface area contributed by atoms with Gasteiger partial charge in [0, 0.05) is 12.1 Å². The average Bonchev–Trinajstić information content (AvgIpc) is 2.42. The molecule has 0 aromatic heterocycles. The first-order valence-corrected chi connectivity index (χ1v) is 5.97. The molecule has 0 bridgehead atoms. The number of rotatable bonds is 4. The summed E-state index contributed by atoms with van der Waals surface area (Å²) in [5, 5.41) is 10.6. The van der Waals surface area contributed by atoms with Crippen LogP contribution in [0.15, 0.2) is 42.5 Å². The largest absolute Gasteiger partial charge is 0.497 e. The van der Waals surface area contributed by atoms with E-state index >= 15 is 0 Å². The van der Waals surface area contributed by atoms with Crippen LogP contribution in [-0.2, 0) is 6.42 Å². The second-order valence-electron chi connectivity index (χ2n) is 4.39. The molecule has 2 aromatic rings. The number of non-ortho nitro benzene ring substituents is 1. The Labute approximate surface area is 111 Å². The fourth-order valence-corrected chi connectivity index (χ4v) is 1.92. The molecule has 0 radical (unpaired) electrons. The van der Waals surface area contributed by atoms with E-state index in [4.69, 9.17) is 4.74 Å². The number of nitro groups is 1. The van der Waals surface area contributed by atoms with Crippen molar-refractivity contribution in [2.75, 3.05) is 7.11 Å². The van der Waals surface area contributed by atoms with Crippen molar-refractivity contribution in [2.45, 2.75) is 13.3 Å². The third kappa shape index (κ3) is 3.10. The van der Waals surface area contributed by atoms with Crippen molar-refractivity contribution >= 4 is 5.69 Å². The highest BCUT2D eigenvalue weighted by molar-refractivity contribution is 5.40. The fourth-order valence-electron chi connectivity index (χ4n) is 1.92. The monoisotopic (exact) mass is 257 g/mol. The highest BCUT2D eigenvalue weighted by Crippen LogP contribution is 2.21. The minimum absolute atomic E-state index is 0.117. The van der Waals surface area contributed by atoms with Crippen LogP contribution in [-0.4, -0.2) is 12.0 Å². The topological polar surface area (TPSA) is 52.4 Å². The SMILES string of the molecule is COc1ccc(C)c(Cc2ccc([N+](=O)[O-])cc2)c1. The average molecular weight is 257 g/mol. The smallest absolute Gasteiger partial charge is 0.269 e. The molecule has 19 heavy (non-hydrogen) atoms.